The lowest BCUT2D eigenvalue weighted by molar-refractivity contribution is -0.136. The number of benzene rings is 1. The number of rotatable bonds is 5. The smallest absolute Gasteiger partial charge is 0.307 e. The predicted molar refractivity (Wildman–Crippen MR) is 86.2 cm³/mol. The van der Waals surface area contributed by atoms with Gasteiger partial charge < -0.3 is 14.3 Å². The first-order valence-corrected chi connectivity index (χ1v) is 6.91. The molecule has 1 aromatic heterocycles. The second-order valence-electron chi connectivity index (χ2n) is 4.24. The number of carbonyl (C=O) groups is 1. The van der Waals surface area contributed by atoms with Gasteiger partial charge in [-0.1, -0.05) is 33.4 Å². The van der Waals surface area contributed by atoms with E-state index < -0.39 is 5.97 Å². The summed E-state index contributed by atoms with van der Waals surface area (Å²) in [4.78, 5) is 14.9. The molecule has 5 nitrogen and oxygen atoms in total. The molecule has 0 saturated heterocycles. The van der Waals surface area contributed by atoms with Gasteiger partial charge in [-0.15, -0.1) is 0 Å². The summed E-state index contributed by atoms with van der Waals surface area (Å²) in [5.41, 5.74) is 1.46. The van der Waals surface area contributed by atoms with Gasteiger partial charge in [0.2, 0.25) is 0 Å². The third-order valence-corrected chi connectivity index (χ3v) is 2.63. The number of hydrogen-bond donors (Lipinski definition) is 1. The lowest BCUT2D eigenvalue weighted by Gasteiger charge is -2.06. The molecule has 0 fully saturated rings. The summed E-state index contributed by atoms with van der Waals surface area (Å²) in [6.45, 7) is 7.92. The van der Waals surface area contributed by atoms with Gasteiger partial charge in [0.1, 0.15) is 23.8 Å². The summed E-state index contributed by atoms with van der Waals surface area (Å²) >= 11 is 0. The zero-order valence-corrected chi connectivity index (χ0v) is 12.8. The van der Waals surface area contributed by atoms with Gasteiger partial charge in [-0.3, -0.25) is 4.79 Å². The van der Waals surface area contributed by atoms with Gasteiger partial charge in [0.05, 0.1) is 6.42 Å². The number of hydrogen-bond acceptors (Lipinski definition) is 4. The summed E-state index contributed by atoms with van der Waals surface area (Å²) in [6.07, 6.45) is -0.0146. The normalized spacial score (nSPS) is 9.27. The van der Waals surface area contributed by atoms with E-state index in [4.69, 9.17) is 14.3 Å². The van der Waals surface area contributed by atoms with Crippen molar-refractivity contribution in [3.8, 4) is 5.75 Å². The molecule has 0 amide bonds. The summed E-state index contributed by atoms with van der Waals surface area (Å²) in [5, 5.41) is 8.74. The minimum atomic E-state index is -0.861. The van der Waals surface area contributed by atoms with Crippen LogP contribution in [0.2, 0.25) is 0 Å². The predicted octanol–water partition coefficient (Wildman–Crippen LogP) is 4.16. The van der Waals surface area contributed by atoms with E-state index in [-0.39, 0.29) is 13.8 Å². The van der Waals surface area contributed by atoms with E-state index in [1.54, 1.807) is 31.2 Å². The molecule has 0 atom stereocenters. The fourth-order valence-corrected chi connectivity index (χ4v) is 1.78. The topological polar surface area (TPSA) is 72.6 Å². The molecule has 122 valence electrons. The third-order valence-electron chi connectivity index (χ3n) is 2.63. The van der Waals surface area contributed by atoms with E-state index in [0.717, 1.165) is 11.5 Å². The van der Waals surface area contributed by atoms with Crippen LogP contribution in [-0.4, -0.2) is 16.1 Å². The maximum absolute atomic E-state index is 10.6. The van der Waals surface area contributed by atoms with Gasteiger partial charge in [0.25, 0.3) is 0 Å². The third kappa shape index (κ3) is 5.99. The highest BCUT2D eigenvalue weighted by Crippen LogP contribution is 2.17. The van der Waals surface area contributed by atoms with Crippen molar-refractivity contribution in [2.24, 2.45) is 0 Å². The minimum absolute atomic E-state index is 0. The van der Waals surface area contributed by atoms with Crippen LogP contribution in [0.25, 0.3) is 0 Å². The van der Waals surface area contributed by atoms with E-state index in [0.29, 0.717) is 23.8 Å². The van der Waals surface area contributed by atoms with E-state index in [2.05, 4.69) is 4.98 Å². The average molecular weight is 307 g/mol. The van der Waals surface area contributed by atoms with Crippen molar-refractivity contribution >= 4 is 5.97 Å². The number of aryl methyl sites for hydroxylation is 2. The Bertz CT molecular complexity index is 590. The highest BCUT2D eigenvalue weighted by Gasteiger charge is 2.08. The second-order valence-corrected chi connectivity index (χ2v) is 4.24. The van der Waals surface area contributed by atoms with Crippen molar-refractivity contribution in [3.05, 3.63) is 47.2 Å². The number of aromatic nitrogens is 1. The van der Waals surface area contributed by atoms with Crippen LogP contribution >= 0.6 is 0 Å². The molecule has 0 radical (unpaired) electrons. The van der Waals surface area contributed by atoms with Crippen molar-refractivity contribution in [2.45, 2.75) is 48.1 Å². The Labute approximate surface area is 132 Å². The molecule has 0 spiro atoms. The van der Waals surface area contributed by atoms with Crippen LogP contribution in [0.5, 0.6) is 5.75 Å². The molecule has 0 unspecified atom stereocenters. The first-order chi connectivity index (χ1) is 10.0. The van der Waals surface area contributed by atoms with Gasteiger partial charge in [0.15, 0.2) is 5.89 Å². The molecular weight excluding hydrogens is 282 g/mol. The van der Waals surface area contributed by atoms with Gasteiger partial charge in [-0.25, -0.2) is 4.98 Å². The lowest BCUT2D eigenvalue weighted by Crippen LogP contribution is -2.01. The Morgan fingerprint density at radius 1 is 1.32 bits per heavy atom. The van der Waals surface area contributed by atoms with E-state index in [9.17, 15) is 4.79 Å². The summed E-state index contributed by atoms with van der Waals surface area (Å²) in [7, 11) is 0. The molecule has 2 aromatic rings. The van der Waals surface area contributed by atoms with Gasteiger partial charge >= 0.3 is 5.97 Å². The van der Waals surface area contributed by atoms with Crippen LogP contribution in [0.4, 0.5) is 0 Å². The fraction of sp³-hybridized carbons (Fsp3) is 0.412. The first-order valence-electron chi connectivity index (χ1n) is 6.91. The number of carboxylic acids is 1. The van der Waals surface area contributed by atoms with Crippen molar-refractivity contribution in [1.29, 1.82) is 0 Å². The van der Waals surface area contributed by atoms with E-state index in [1.165, 1.54) is 0 Å². The quantitative estimate of drug-likeness (QED) is 0.898. The molecule has 0 aliphatic heterocycles. The van der Waals surface area contributed by atoms with Gasteiger partial charge in [0, 0.05) is 6.92 Å². The number of carboxylic acid groups (broad SMARTS) is 1. The Kier molecular flexibility index (Phi) is 8.60. The van der Waals surface area contributed by atoms with Crippen molar-refractivity contribution in [1.82, 2.24) is 4.98 Å². The van der Waals surface area contributed by atoms with Crippen LogP contribution in [0, 0.1) is 13.8 Å². The number of nitrogens with zero attached hydrogens (tertiary/aromatic N) is 1. The summed E-state index contributed by atoms with van der Waals surface area (Å²) in [6, 6.07) is 7.03. The number of aliphatic carboxylic acids is 1. The SMILES string of the molecule is C.CC.Cc1nc(COc2cccc(CC(=O)O)c2)c(C)o1. The van der Waals surface area contributed by atoms with Crippen LogP contribution in [0.1, 0.15) is 44.2 Å². The molecule has 5 heteroatoms. The van der Waals surface area contributed by atoms with Crippen LogP contribution in [0.3, 0.4) is 0 Å². The molecule has 0 saturated carbocycles. The van der Waals surface area contributed by atoms with Crippen LogP contribution in [-0.2, 0) is 17.8 Å². The zero-order chi connectivity index (χ0) is 15.8. The largest absolute Gasteiger partial charge is 0.487 e. The number of ether oxygens (including phenoxy) is 1. The summed E-state index contributed by atoms with van der Waals surface area (Å²) in [5.74, 6) is 1.11. The Morgan fingerprint density at radius 2 is 2.00 bits per heavy atom. The Hall–Kier alpha value is -2.30. The van der Waals surface area contributed by atoms with Gasteiger partial charge in [-0.2, -0.15) is 0 Å². The molecule has 1 heterocycles. The Balaban J connectivity index is 0.00000141. The molecule has 0 aliphatic rings. The highest BCUT2D eigenvalue weighted by molar-refractivity contribution is 5.70. The fourth-order valence-electron chi connectivity index (χ4n) is 1.78. The van der Waals surface area contributed by atoms with Crippen LogP contribution in [0.15, 0.2) is 28.7 Å². The van der Waals surface area contributed by atoms with E-state index >= 15 is 0 Å². The summed E-state index contributed by atoms with van der Waals surface area (Å²) < 4.78 is 10.9. The minimum Gasteiger partial charge on any atom is -0.487 e. The molecule has 22 heavy (non-hydrogen) atoms. The molecular formula is C17H25NO4. The molecule has 0 aliphatic carbocycles. The van der Waals surface area contributed by atoms with Crippen molar-refractivity contribution in [2.75, 3.05) is 0 Å². The van der Waals surface area contributed by atoms with E-state index in [1.807, 2.05) is 20.8 Å². The first kappa shape index (κ1) is 19.7. The standard InChI is InChI=1S/C14H15NO4.C2H6.CH4/c1-9-13(15-10(2)19-9)8-18-12-5-3-4-11(6-12)7-14(16)17;1-2;/h3-6H,7-8H2,1-2H3,(H,16,17);1-2H3;1H4. The number of oxazole rings is 1. The maximum Gasteiger partial charge on any atom is 0.307 e. The monoisotopic (exact) mass is 307 g/mol. The lowest BCUT2D eigenvalue weighted by atomic mass is 10.1. The molecule has 0 bridgehead atoms. The highest BCUT2D eigenvalue weighted by atomic mass is 16.5. The second kappa shape index (κ2) is 9.60. The molecule has 2 rings (SSSR count). The van der Waals surface area contributed by atoms with Crippen LogP contribution < -0.4 is 4.74 Å². The Morgan fingerprint density at radius 3 is 2.55 bits per heavy atom. The molecule has 1 N–H and O–H groups in total. The van der Waals surface area contributed by atoms with Crippen molar-refractivity contribution in [3.63, 3.8) is 0 Å². The zero-order valence-electron chi connectivity index (χ0n) is 12.8. The van der Waals surface area contributed by atoms with Crippen molar-refractivity contribution < 1.29 is 19.1 Å². The molecule has 1 aromatic carbocycles. The average Bonchev–Trinajstić information content (AvgIpc) is 2.77. The van der Waals surface area contributed by atoms with Gasteiger partial charge in [-0.05, 0) is 24.6 Å². The maximum atomic E-state index is 10.6.